The molecule has 0 amide bonds. The predicted molar refractivity (Wildman–Crippen MR) is 53.0 cm³/mol. The Morgan fingerprint density at radius 2 is 1.70 bits per heavy atom. The highest BCUT2D eigenvalue weighted by Gasteiger charge is 2.38. The van der Waals surface area contributed by atoms with Crippen LogP contribution in [0.2, 0.25) is 0 Å². The van der Waals surface area contributed by atoms with E-state index in [1.165, 1.54) is 0 Å². The van der Waals surface area contributed by atoms with Crippen LogP contribution < -0.4 is 4.74 Å². The summed E-state index contributed by atoms with van der Waals surface area (Å²) >= 11 is 0. The normalized spacial score (nSPS) is 12.1. The summed E-state index contributed by atoms with van der Waals surface area (Å²) in [6.07, 6.45) is -8.83. The first-order valence-electron chi connectivity index (χ1n) is 5.03. The first kappa shape index (κ1) is 16.3. The van der Waals surface area contributed by atoms with Gasteiger partial charge in [-0.2, -0.15) is 22.0 Å². The van der Waals surface area contributed by atoms with Crippen LogP contribution in [0.25, 0.3) is 0 Å². The second kappa shape index (κ2) is 5.68. The molecule has 0 aliphatic rings. The number of benzene rings is 1. The molecule has 0 saturated carbocycles. The summed E-state index contributed by atoms with van der Waals surface area (Å²) in [4.78, 5) is 11.1. The quantitative estimate of drug-likeness (QED) is 0.607. The third-order valence-electron chi connectivity index (χ3n) is 2.28. The number of ketones is 1. The predicted octanol–water partition coefficient (Wildman–Crippen LogP) is 4.45. The molecule has 0 N–H and O–H groups in total. The zero-order chi connectivity index (χ0) is 15.7. The number of ether oxygens (including phenoxy) is 1. The Morgan fingerprint density at radius 3 is 2.05 bits per heavy atom. The minimum Gasteiger partial charge on any atom is -0.435 e. The molecule has 1 rings (SSSR count). The fourth-order valence-electron chi connectivity index (χ4n) is 1.56. The Morgan fingerprint density at radius 1 is 1.15 bits per heavy atom. The molecule has 0 spiro atoms. The summed E-state index contributed by atoms with van der Waals surface area (Å²) < 4.78 is 91.3. The van der Waals surface area contributed by atoms with Crippen molar-refractivity contribution in [1.82, 2.24) is 0 Å². The lowest BCUT2D eigenvalue weighted by Gasteiger charge is -2.17. The minimum atomic E-state index is -5.24. The fourth-order valence-corrected chi connectivity index (χ4v) is 1.56. The molecule has 0 unspecified atom stereocenters. The van der Waals surface area contributed by atoms with Gasteiger partial charge in [0.1, 0.15) is 5.75 Å². The van der Waals surface area contributed by atoms with Crippen LogP contribution in [0.15, 0.2) is 12.1 Å². The summed E-state index contributed by atoms with van der Waals surface area (Å²) in [6.45, 7) is -2.71. The van der Waals surface area contributed by atoms with Crippen molar-refractivity contribution >= 4 is 5.78 Å². The molecule has 0 atom stereocenters. The van der Waals surface area contributed by atoms with Gasteiger partial charge in [0.15, 0.2) is 5.78 Å². The minimum absolute atomic E-state index is 0.0140. The summed E-state index contributed by atoms with van der Waals surface area (Å²) in [5.74, 6) is -2.13. The number of hydrogen-bond donors (Lipinski definition) is 0. The van der Waals surface area contributed by atoms with E-state index in [9.17, 15) is 35.5 Å². The standard InChI is InChI=1S/C11H7F7O2/c1-4(19)6-2-5(20-10(14)15)3-7(11(16,17)18)8(6)9(12)13/h2-3,9-10H,1H3. The molecular weight excluding hydrogens is 297 g/mol. The van der Waals surface area contributed by atoms with E-state index in [1.807, 2.05) is 0 Å². The average molecular weight is 304 g/mol. The van der Waals surface area contributed by atoms with Crippen LogP contribution in [-0.2, 0) is 6.18 Å². The zero-order valence-electron chi connectivity index (χ0n) is 9.77. The van der Waals surface area contributed by atoms with Crippen molar-refractivity contribution in [1.29, 1.82) is 0 Å². The summed E-state index contributed by atoms with van der Waals surface area (Å²) in [5, 5.41) is 0. The van der Waals surface area contributed by atoms with Gasteiger partial charge in [-0.15, -0.1) is 0 Å². The van der Waals surface area contributed by atoms with E-state index in [2.05, 4.69) is 4.74 Å². The van der Waals surface area contributed by atoms with Gasteiger partial charge in [-0.05, 0) is 19.1 Å². The molecule has 0 aromatic heterocycles. The Bertz CT molecular complexity index is 508. The lowest BCUT2D eigenvalue weighted by atomic mass is 9.97. The number of Topliss-reactive ketones (excluding diaryl/α,β-unsaturated/α-hetero) is 1. The zero-order valence-corrected chi connectivity index (χ0v) is 9.77. The maximum atomic E-state index is 12.7. The highest BCUT2D eigenvalue weighted by molar-refractivity contribution is 5.96. The molecule has 1 aromatic rings. The van der Waals surface area contributed by atoms with Crippen molar-refractivity contribution in [3.05, 3.63) is 28.8 Å². The van der Waals surface area contributed by atoms with Crippen molar-refractivity contribution in [2.24, 2.45) is 0 Å². The molecule has 2 nitrogen and oxygen atoms in total. The van der Waals surface area contributed by atoms with Gasteiger partial charge in [0, 0.05) is 11.1 Å². The van der Waals surface area contributed by atoms with Crippen molar-refractivity contribution < 1.29 is 40.3 Å². The molecule has 0 radical (unpaired) electrons. The third kappa shape index (κ3) is 3.61. The molecule has 0 aliphatic carbocycles. The lowest BCUT2D eigenvalue weighted by molar-refractivity contribution is -0.140. The molecule has 112 valence electrons. The van der Waals surface area contributed by atoms with E-state index in [4.69, 9.17) is 0 Å². The summed E-state index contributed by atoms with van der Waals surface area (Å²) in [5.41, 5.74) is -4.44. The first-order chi connectivity index (χ1) is 9.04. The Kier molecular flexibility index (Phi) is 4.61. The van der Waals surface area contributed by atoms with Crippen LogP contribution in [0.4, 0.5) is 30.7 Å². The molecule has 0 heterocycles. The first-order valence-corrected chi connectivity index (χ1v) is 5.03. The number of carbonyl (C=O) groups is 1. The van der Waals surface area contributed by atoms with Gasteiger partial charge in [-0.3, -0.25) is 4.79 Å². The number of hydrogen-bond acceptors (Lipinski definition) is 2. The second-order valence-electron chi connectivity index (χ2n) is 3.67. The highest BCUT2D eigenvalue weighted by atomic mass is 19.4. The Labute approximate surface area is 108 Å². The van der Waals surface area contributed by atoms with Crippen molar-refractivity contribution in [3.8, 4) is 5.75 Å². The van der Waals surface area contributed by atoms with Crippen molar-refractivity contribution in [2.75, 3.05) is 0 Å². The molecule has 9 heteroatoms. The van der Waals surface area contributed by atoms with E-state index in [-0.39, 0.29) is 6.07 Å². The molecule has 0 fully saturated rings. The van der Waals surface area contributed by atoms with Crippen molar-refractivity contribution in [2.45, 2.75) is 26.1 Å². The molecule has 20 heavy (non-hydrogen) atoms. The van der Waals surface area contributed by atoms with Gasteiger partial charge in [-0.25, -0.2) is 8.78 Å². The van der Waals surface area contributed by atoms with Crippen LogP contribution in [-0.4, -0.2) is 12.4 Å². The largest absolute Gasteiger partial charge is 0.435 e. The molecule has 0 aliphatic heterocycles. The number of carbonyl (C=O) groups excluding carboxylic acids is 1. The maximum absolute atomic E-state index is 12.7. The van der Waals surface area contributed by atoms with E-state index in [0.29, 0.717) is 6.07 Å². The van der Waals surface area contributed by atoms with Gasteiger partial charge in [0.2, 0.25) is 0 Å². The maximum Gasteiger partial charge on any atom is 0.417 e. The van der Waals surface area contributed by atoms with Crippen molar-refractivity contribution in [3.63, 3.8) is 0 Å². The van der Waals surface area contributed by atoms with E-state index >= 15 is 0 Å². The number of rotatable bonds is 4. The van der Waals surface area contributed by atoms with Gasteiger partial charge >= 0.3 is 12.8 Å². The van der Waals surface area contributed by atoms with Gasteiger partial charge in [-0.1, -0.05) is 0 Å². The Hall–Kier alpha value is -1.80. The van der Waals surface area contributed by atoms with Crippen LogP contribution in [0.5, 0.6) is 5.75 Å². The summed E-state index contributed by atoms with van der Waals surface area (Å²) in [6, 6.07) is 0.450. The lowest BCUT2D eigenvalue weighted by Crippen LogP contribution is -2.15. The van der Waals surface area contributed by atoms with Crippen LogP contribution in [0.1, 0.15) is 34.8 Å². The van der Waals surface area contributed by atoms with Crippen LogP contribution >= 0.6 is 0 Å². The molecule has 1 aromatic carbocycles. The van der Waals surface area contributed by atoms with E-state index < -0.39 is 47.4 Å². The van der Waals surface area contributed by atoms with Crippen LogP contribution in [0, 0.1) is 0 Å². The number of alkyl halides is 7. The topological polar surface area (TPSA) is 26.3 Å². The highest BCUT2D eigenvalue weighted by Crippen LogP contribution is 2.40. The van der Waals surface area contributed by atoms with Crippen LogP contribution in [0.3, 0.4) is 0 Å². The van der Waals surface area contributed by atoms with E-state index in [1.54, 1.807) is 0 Å². The Balaban J connectivity index is 3.60. The van der Waals surface area contributed by atoms with E-state index in [0.717, 1.165) is 6.92 Å². The second-order valence-corrected chi connectivity index (χ2v) is 3.67. The molecule has 0 bridgehead atoms. The number of halogens is 7. The monoisotopic (exact) mass is 304 g/mol. The average Bonchev–Trinajstić information content (AvgIpc) is 2.25. The SMILES string of the molecule is CC(=O)c1cc(OC(F)F)cc(C(F)(F)F)c1C(F)F. The fraction of sp³-hybridized carbons (Fsp3) is 0.364. The smallest absolute Gasteiger partial charge is 0.417 e. The van der Waals surface area contributed by atoms with Gasteiger partial charge < -0.3 is 4.74 Å². The summed E-state index contributed by atoms with van der Waals surface area (Å²) in [7, 11) is 0. The van der Waals surface area contributed by atoms with Gasteiger partial charge in [0.25, 0.3) is 6.43 Å². The molecule has 0 saturated heterocycles. The third-order valence-corrected chi connectivity index (χ3v) is 2.28. The molecular formula is C11H7F7O2. The van der Waals surface area contributed by atoms with Gasteiger partial charge in [0.05, 0.1) is 5.56 Å².